The van der Waals surface area contributed by atoms with E-state index in [0.29, 0.717) is 28.5 Å². The predicted molar refractivity (Wildman–Crippen MR) is 131 cm³/mol. The Morgan fingerprint density at radius 3 is 2.29 bits per heavy atom. The second-order valence-corrected chi connectivity index (χ2v) is 8.42. The van der Waals surface area contributed by atoms with Gasteiger partial charge in [0.2, 0.25) is 0 Å². The van der Waals surface area contributed by atoms with Crippen LogP contribution in [0.15, 0.2) is 77.3 Å². The van der Waals surface area contributed by atoms with E-state index >= 15 is 0 Å². The molecule has 6 heteroatoms. The Kier molecular flexibility index (Phi) is 7.10. The van der Waals surface area contributed by atoms with E-state index in [0.717, 1.165) is 27.8 Å². The van der Waals surface area contributed by atoms with Crippen molar-refractivity contribution < 1.29 is 14.1 Å². The van der Waals surface area contributed by atoms with Crippen molar-refractivity contribution in [3.63, 3.8) is 0 Å². The smallest absolute Gasteiger partial charge is 0.311 e. The first-order valence-corrected chi connectivity index (χ1v) is 11.3. The molecule has 0 aliphatic heterocycles. The van der Waals surface area contributed by atoms with E-state index in [-0.39, 0.29) is 12.4 Å². The minimum Gasteiger partial charge on any atom is -0.457 e. The Labute approximate surface area is 203 Å². The lowest BCUT2D eigenvalue weighted by atomic mass is 9.99. The molecule has 0 fully saturated rings. The van der Waals surface area contributed by atoms with E-state index < -0.39 is 6.10 Å². The molecule has 0 unspecified atom stereocenters. The minimum absolute atomic E-state index is 0.0432. The van der Waals surface area contributed by atoms with Gasteiger partial charge in [0.05, 0.1) is 24.6 Å². The fourth-order valence-corrected chi connectivity index (χ4v) is 4.08. The van der Waals surface area contributed by atoms with Crippen LogP contribution in [0.5, 0.6) is 0 Å². The van der Waals surface area contributed by atoms with Crippen molar-refractivity contribution in [2.24, 2.45) is 0 Å². The van der Waals surface area contributed by atoms with Crippen LogP contribution in [0.3, 0.4) is 0 Å². The molecule has 5 nitrogen and oxygen atoms in total. The molecule has 1 heterocycles. The molecule has 4 aromatic rings. The van der Waals surface area contributed by atoms with E-state index in [1.807, 2.05) is 73.7 Å². The van der Waals surface area contributed by atoms with Gasteiger partial charge in [0.15, 0.2) is 5.76 Å². The van der Waals surface area contributed by atoms with E-state index in [1.165, 1.54) is 0 Å². The molecule has 0 aliphatic rings. The highest BCUT2D eigenvalue weighted by Gasteiger charge is 2.21. The summed E-state index contributed by atoms with van der Waals surface area (Å²) < 4.78 is 11.2. The maximum absolute atomic E-state index is 12.7. The van der Waals surface area contributed by atoms with Gasteiger partial charge in [-0.1, -0.05) is 83.5 Å². The number of ether oxygens (including phenoxy) is 1. The summed E-state index contributed by atoms with van der Waals surface area (Å²) in [6.45, 7) is 3.61. The van der Waals surface area contributed by atoms with Crippen LogP contribution in [0.2, 0.25) is 5.02 Å². The maximum Gasteiger partial charge on any atom is 0.311 e. The summed E-state index contributed by atoms with van der Waals surface area (Å²) in [7, 11) is 0. The second kappa shape index (κ2) is 10.4. The number of carbonyl (C=O) groups excluding carboxylic acids is 1. The van der Waals surface area contributed by atoms with Gasteiger partial charge in [0.25, 0.3) is 0 Å². The molecule has 0 bridgehead atoms. The zero-order valence-electron chi connectivity index (χ0n) is 18.9. The molecule has 4 rings (SSSR count). The first-order valence-electron chi connectivity index (χ1n) is 10.9. The lowest BCUT2D eigenvalue weighted by Crippen LogP contribution is -2.12. The maximum atomic E-state index is 12.7. The summed E-state index contributed by atoms with van der Waals surface area (Å²) in [5, 5.41) is 13.5. The summed E-state index contributed by atoms with van der Waals surface area (Å²) in [4.78, 5) is 12.7. The standard InChI is InChI=1S/C28H23ClN2O3/c1-18-25(17-27(32)33-19(2)24-5-3-4-6-26(24)29)28(34-31-18)23-13-11-22(12-14-23)21-9-7-20(8-10-21)15-16-30/h3-14,19H,15,17H2,1-2H3/t19-/m1/s1. The number of carbonyl (C=O) groups is 1. The third kappa shape index (κ3) is 5.19. The van der Waals surface area contributed by atoms with Crippen molar-refractivity contribution in [3.05, 3.63) is 100 Å². The molecule has 0 saturated carbocycles. The van der Waals surface area contributed by atoms with Crippen LogP contribution in [0.1, 0.15) is 35.4 Å². The highest BCUT2D eigenvalue weighted by Crippen LogP contribution is 2.31. The predicted octanol–water partition coefficient (Wildman–Crippen LogP) is 6.88. The number of rotatable bonds is 7. The van der Waals surface area contributed by atoms with Crippen molar-refractivity contribution in [1.29, 1.82) is 5.26 Å². The molecule has 1 aromatic heterocycles. The Morgan fingerprint density at radius 1 is 1.03 bits per heavy atom. The van der Waals surface area contributed by atoms with Crippen LogP contribution in [0.4, 0.5) is 0 Å². The summed E-state index contributed by atoms with van der Waals surface area (Å²) >= 11 is 6.23. The third-order valence-corrected chi connectivity index (χ3v) is 6.02. The van der Waals surface area contributed by atoms with Gasteiger partial charge in [-0.25, -0.2) is 0 Å². The number of nitriles is 1. The Bertz CT molecular complexity index is 1340. The lowest BCUT2D eigenvalue weighted by molar-refractivity contribution is -0.147. The van der Waals surface area contributed by atoms with Crippen LogP contribution in [0, 0.1) is 18.3 Å². The van der Waals surface area contributed by atoms with E-state index in [1.54, 1.807) is 13.0 Å². The average Bonchev–Trinajstić information content (AvgIpc) is 3.20. The van der Waals surface area contributed by atoms with Crippen molar-refractivity contribution >= 4 is 17.6 Å². The molecule has 0 aliphatic carbocycles. The summed E-state index contributed by atoms with van der Waals surface area (Å²) in [5.41, 5.74) is 6.01. The van der Waals surface area contributed by atoms with Gasteiger partial charge in [0.1, 0.15) is 6.10 Å². The van der Waals surface area contributed by atoms with Crippen molar-refractivity contribution in [2.45, 2.75) is 32.8 Å². The number of hydrogen-bond acceptors (Lipinski definition) is 5. The van der Waals surface area contributed by atoms with E-state index in [9.17, 15) is 4.79 Å². The molecule has 34 heavy (non-hydrogen) atoms. The van der Waals surface area contributed by atoms with Crippen LogP contribution in [0.25, 0.3) is 22.5 Å². The third-order valence-electron chi connectivity index (χ3n) is 5.67. The topological polar surface area (TPSA) is 76.1 Å². The zero-order chi connectivity index (χ0) is 24.1. The van der Waals surface area contributed by atoms with Gasteiger partial charge >= 0.3 is 5.97 Å². The number of esters is 1. The van der Waals surface area contributed by atoms with E-state index in [2.05, 4.69) is 11.2 Å². The molecule has 0 radical (unpaired) electrons. The zero-order valence-corrected chi connectivity index (χ0v) is 19.7. The molecule has 170 valence electrons. The Balaban J connectivity index is 1.49. The van der Waals surface area contributed by atoms with Crippen LogP contribution < -0.4 is 0 Å². The second-order valence-electron chi connectivity index (χ2n) is 8.02. The molecule has 3 aromatic carbocycles. The van der Waals surface area contributed by atoms with Crippen molar-refractivity contribution in [2.75, 3.05) is 0 Å². The first kappa shape index (κ1) is 23.3. The molecule has 0 amide bonds. The lowest BCUT2D eigenvalue weighted by Gasteiger charge is -2.15. The Hall–Kier alpha value is -3.88. The van der Waals surface area contributed by atoms with Crippen molar-refractivity contribution in [3.8, 4) is 28.5 Å². The number of nitrogens with zero attached hydrogens (tertiary/aromatic N) is 2. The number of aromatic nitrogens is 1. The molecular formula is C28H23ClN2O3. The summed E-state index contributed by atoms with van der Waals surface area (Å²) in [6, 6.07) is 25.3. The molecule has 0 spiro atoms. The highest BCUT2D eigenvalue weighted by atomic mass is 35.5. The molecular weight excluding hydrogens is 448 g/mol. The average molecular weight is 471 g/mol. The van der Waals surface area contributed by atoms with Crippen LogP contribution in [-0.4, -0.2) is 11.1 Å². The van der Waals surface area contributed by atoms with Crippen molar-refractivity contribution in [1.82, 2.24) is 5.16 Å². The quantitative estimate of drug-likeness (QED) is 0.275. The number of halogens is 1. The minimum atomic E-state index is -0.469. The van der Waals surface area contributed by atoms with Gasteiger partial charge in [0, 0.05) is 21.7 Å². The Morgan fingerprint density at radius 2 is 1.65 bits per heavy atom. The normalized spacial score (nSPS) is 11.6. The van der Waals surface area contributed by atoms with Gasteiger partial charge in [-0.2, -0.15) is 5.26 Å². The summed E-state index contributed by atoms with van der Waals surface area (Å²) in [5.74, 6) is 0.171. The number of hydrogen-bond donors (Lipinski definition) is 0. The molecule has 1 atom stereocenters. The van der Waals surface area contributed by atoms with Crippen LogP contribution >= 0.6 is 11.6 Å². The van der Waals surface area contributed by atoms with Gasteiger partial charge in [-0.3, -0.25) is 4.79 Å². The SMILES string of the molecule is Cc1noc(-c2ccc(-c3ccc(CC#N)cc3)cc2)c1CC(=O)O[C@H](C)c1ccccc1Cl. The summed E-state index contributed by atoms with van der Waals surface area (Å²) in [6.07, 6.45) is -0.0303. The largest absolute Gasteiger partial charge is 0.457 e. The fourth-order valence-electron chi connectivity index (χ4n) is 3.80. The van der Waals surface area contributed by atoms with Gasteiger partial charge in [-0.15, -0.1) is 0 Å². The fraction of sp³-hybridized carbons (Fsp3) is 0.179. The monoisotopic (exact) mass is 470 g/mol. The molecule has 0 saturated heterocycles. The van der Waals surface area contributed by atoms with E-state index in [4.69, 9.17) is 26.1 Å². The highest BCUT2D eigenvalue weighted by molar-refractivity contribution is 6.31. The molecule has 0 N–H and O–H groups in total. The number of aryl methyl sites for hydroxylation is 1. The van der Waals surface area contributed by atoms with Gasteiger partial charge in [-0.05, 0) is 36.6 Å². The van der Waals surface area contributed by atoms with Gasteiger partial charge < -0.3 is 9.26 Å². The van der Waals surface area contributed by atoms with Crippen LogP contribution in [-0.2, 0) is 22.4 Å². The first-order chi connectivity index (χ1) is 16.5. The number of benzene rings is 3.